The zero-order valence-corrected chi connectivity index (χ0v) is 22.8. The lowest BCUT2D eigenvalue weighted by molar-refractivity contribution is -0.132. The molecule has 0 aromatic heterocycles. The molecule has 1 N–H and O–H groups in total. The number of Topliss-reactive ketones (excluding diaryl/α,β-unsaturated/α-hetero) is 1. The molecule has 0 bridgehead atoms. The van der Waals surface area contributed by atoms with E-state index >= 15 is 0 Å². The van der Waals surface area contributed by atoms with Crippen molar-refractivity contribution < 1.29 is 28.9 Å². The van der Waals surface area contributed by atoms with Gasteiger partial charge in [-0.25, -0.2) is 0 Å². The number of ketones is 1. The average molecular weight is 566 g/mol. The maximum Gasteiger partial charge on any atom is 0.300 e. The van der Waals surface area contributed by atoms with E-state index in [1.54, 1.807) is 36.4 Å². The number of hydrogen-bond donors (Lipinski definition) is 1. The molecule has 0 spiro atoms. The summed E-state index contributed by atoms with van der Waals surface area (Å²) in [5.74, 6) is 0.0148. The third kappa shape index (κ3) is 4.81. The lowest BCUT2D eigenvalue weighted by Crippen LogP contribution is -2.29. The number of rotatable bonds is 7. The van der Waals surface area contributed by atoms with Crippen LogP contribution < -0.4 is 19.1 Å². The van der Waals surface area contributed by atoms with E-state index < -0.39 is 17.7 Å². The van der Waals surface area contributed by atoms with Crippen molar-refractivity contribution in [1.29, 1.82) is 0 Å². The first-order chi connectivity index (χ1) is 17.7. The molecule has 1 atom stereocenters. The van der Waals surface area contributed by atoms with Crippen molar-refractivity contribution in [2.75, 3.05) is 26.2 Å². The molecular formula is C29H28BrNO6. The van der Waals surface area contributed by atoms with Gasteiger partial charge in [-0.3, -0.25) is 14.5 Å². The van der Waals surface area contributed by atoms with Crippen LogP contribution in [0.5, 0.6) is 17.2 Å². The van der Waals surface area contributed by atoms with E-state index in [1.165, 1.54) is 26.2 Å². The average Bonchev–Trinajstić information content (AvgIpc) is 3.17. The summed E-state index contributed by atoms with van der Waals surface area (Å²) >= 11 is 3.42. The number of methoxy groups -OCH3 is 3. The first-order valence-corrected chi connectivity index (χ1v) is 12.5. The van der Waals surface area contributed by atoms with Crippen LogP contribution >= 0.6 is 15.9 Å². The number of carbonyl (C=O) groups excluding carboxylic acids is 2. The van der Waals surface area contributed by atoms with Gasteiger partial charge in [0.15, 0.2) is 11.5 Å². The molecule has 7 nitrogen and oxygen atoms in total. The van der Waals surface area contributed by atoms with E-state index in [-0.39, 0.29) is 11.3 Å². The minimum absolute atomic E-state index is 0.0257. The van der Waals surface area contributed by atoms with Gasteiger partial charge >= 0.3 is 0 Å². The fraction of sp³-hybridized carbons (Fsp3) is 0.241. The van der Waals surface area contributed by atoms with Crippen LogP contribution in [0.4, 0.5) is 5.69 Å². The van der Waals surface area contributed by atoms with Gasteiger partial charge < -0.3 is 19.3 Å². The molecule has 8 heteroatoms. The molecule has 0 aliphatic carbocycles. The maximum atomic E-state index is 13.4. The topological polar surface area (TPSA) is 85.3 Å². The summed E-state index contributed by atoms with van der Waals surface area (Å²) in [7, 11) is 4.58. The Bertz CT molecular complexity index is 1380. The van der Waals surface area contributed by atoms with Crippen molar-refractivity contribution in [3.63, 3.8) is 0 Å². The number of amides is 1. The van der Waals surface area contributed by atoms with Crippen molar-refractivity contribution in [3.05, 3.63) is 87.4 Å². The van der Waals surface area contributed by atoms with Crippen LogP contribution in [0, 0.1) is 0 Å². The van der Waals surface area contributed by atoms with Crippen molar-refractivity contribution >= 4 is 39.1 Å². The Hall–Kier alpha value is -3.78. The summed E-state index contributed by atoms with van der Waals surface area (Å²) in [6.07, 6.45) is 0. The second-order valence-electron chi connectivity index (χ2n) is 8.88. The lowest BCUT2D eigenvalue weighted by atomic mass is 9.94. The van der Waals surface area contributed by atoms with Gasteiger partial charge in [0.1, 0.15) is 11.5 Å². The number of anilines is 1. The highest BCUT2D eigenvalue weighted by molar-refractivity contribution is 9.10. The summed E-state index contributed by atoms with van der Waals surface area (Å²) in [5, 5.41) is 11.4. The van der Waals surface area contributed by atoms with Crippen LogP contribution in [0.1, 0.15) is 42.5 Å². The number of hydrogen-bond acceptors (Lipinski definition) is 6. The molecule has 1 heterocycles. The van der Waals surface area contributed by atoms with Crippen LogP contribution in [-0.4, -0.2) is 38.1 Å². The summed E-state index contributed by atoms with van der Waals surface area (Å²) in [5.41, 5.74) is 2.57. The van der Waals surface area contributed by atoms with Crippen LogP contribution in [0.2, 0.25) is 0 Å². The highest BCUT2D eigenvalue weighted by Gasteiger charge is 2.47. The first-order valence-electron chi connectivity index (χ1n) is 11.7. The maximum absolute atomic E-state index is 13.4. The Labute approximate surface area is 224 Å². The molecule has 0 saturated carbocycles. The van der Waals surface area contributed by atoms with Gasteiger partial charge in [0.2, 0.25) is 0 Å². The van der Waals surface area contributed by atoms with Crippen LogP contribution in [0.15, 0.2) is 70.7 Å². The van der Waals surface area contributed by atoms with Crippen molar-refractivity contribution in [1.82, 2.24) is 0 Å². The lowest BCUT2D eigenvalue weighted by Gasteiger charge is -2.26. The van der Waals surface area contributed by atoms with Gasteiger partial charge in [-0.15, -0.1) is 0 Å². The van der Waals surface area contributed by atoms with Gasteiger partial charge in [-0.1, -0.05) is 32.0 Å². The minimum Gasteiger partial charge on any atom is -0.507 e. The predicted octanol–water partition coefficient (Wildman–Crippen LogP) is 6.22. The van der Waals surface area contributed by atoms with Gasteiger partial charge in [-0.2, -0.15) is 0 Å². The van der Waals surface area contributed by atoms with Gasteiger partial charge in [0, 0.05) is 11.3 Å². The predicted molar refractivity (Wildman–Crippen MR) is 146 cm³/mol. The molecule has 192 valence electrons. The highest BCUT2D eigenvalue weighted by Crippen LogP contribution is 2.44. The van der Waals surface area contributed by atoms with Crippen molar-refractivity contribution in [3.8, 4) is 17.2 Å². The zero-order chi connectivity index (χ0) is 26.9. The summed E-state index contributed by atoms with van der Waals surface area (Å²) in [6, 6.07) is 16.7. The Morgan fingerprint density at radius 3 is 2.05 bits per heavy atom. The number of ether oxygens (including phenoxy) is 3. The number of aliphatic hydroxyl groups is 1. The molecule has 1 aliphatic rings. The van der Waals surface area contributed by atoms with E-state index in [1.807, 2.05) is 24.3 Å². The van der Waals surface area contributed by atoms with Crippen LogP contribution in [0.3, 0.4) is 0 Å². The summed E-state index contributed by atoms with van der Waals surface area (Å²) in [4.78, 5) is 28.3. The highest BCUT2D eigenvalue weighted by atomic mass is 79.9. The smallest absolute Gasteiger partial charge is 0.300 e. The molecule has 37 heavy (non-hydrogen) atoms. The van der Waals surface area contributed by atoms with E-state index in [2.05, 4.69) is 29.8 Å². The SMILES string of the molecule is COc1ccc(/C(O)=C2/C(=O)C(=O)N(c3ccc(C(C)C)cc3)C2c2ccc(OC)c(OC)c2)cc1Br. The van der Waals surface area contributed by atoms with E-state index in [9.17, 15) is 14.7 Å². The number of nitrogens with zero attached hydrogens (tertiary/aromatic N) is 1. The van der Waals surface area contributed by atoms with E-state index in [4.69, 9.17) is 14.2 Å². The molecular weight excluding hydrogens is 538 g/mol. The number of carbonyl (C=O) groups is 2. The molecule has 1 fully saturated rings. The van der Waals surface area contributed by atoms with Gasteiger partial charge in [0.05, 0.1) is 37.4 Å². The van der Waals surface area contributed by atoms with E-state index in [0.717, 1.165) is 5.56 Å². The fourth-order valence-electron chi connectivity index (χ4n) is 4.43. The molecule has 3 aromatic carbocycles. The monoisotopic (exact) mass is 565 g/mol. The van der Waals surface area contributed by atoms with Crippen molar-refractivity contribution in [2.45, 2.75) is 25.8 Å². The largest absolute Gasteiger partial charge is 0.507 e. The molecule has 0 radical (unpaired) electrons. The second-order valence-corrected chi connectivity index (χ2v) is 9.73. The molecule has 3 aromatic rings. The third-order valence-electron chi connectivity index (χ3n) is 6.43. The van der Waals surface area contributed by atoms with Crippen molar-refractivity contribution in [2.24, 2.45) is 0 Å². The minimum atomic E-state index is -0.898. The Kier molecular flexibility index (Phi) is 7.59. The number of aliphatic hydroxyl groups excluding tert-OH is 1. The Balaban J connectivity index is 1.94. The number of halogens is 1. The Morgan fingerprint density at radius 1 is 0.865 bits per heavy atom. The van der Waals surface area contributed by atoms with Crippen LogP contribution in [0.25, 0.3) is 5.76 Å². The molecule has 1 unspecified atom stereocenters. The normalized spacial score (nSPS) is 16.8. The molecule has 1 aliphatic heterocycles. The number of benzene rings is 3. The molecule has 1 saturated heterocycles. The van der Waals surface area contributed by atoms with E-state index in [0.29, 0.717) is 44.5 Å². The Morgan fingerprint density at radius 2 is 1.49 bits per heavy atom. The quantitative estimate of drug-likeness (QED) is 0.208. The zero-order valence-electron chi connectivity index (χ0n) is 21.2. The first kappa shape index (κ1) is 26.3. The molecule has 4 rings (SSSR count). The second kappa shape index (κ2) is 10.7. The summed E-state index contributed by atoms with van der Waals surface area (Å²) < 4.78 is 16.7. The third-order valence-corrected chi connectivity index (χ3v) is 7.05. The van der Waals surface area contributed by atoms with Gasteiger partial charge in [-0.05, 0) is 75.4 Å². The standard InChI is InChI=1S/C29H28BrNO6/c1-16(2)17-6-10-20(11-7-17)31-26(18-8-13-23(36-4)24(15-18)37-5)25(28(33)29(31)34)27(32)19-9-12-22(35-3)21(30)14-19/h6-16,26,32H,1-5H3/b27-25-. The van der Waals surface area contributed by atoms with Gasteiger partial charge in [0.25, 0.3) is 11.7 Å². The fourth-order valence-corrected chi connectivity index (χ4v) is 4.97. The summed E-state index contributed by atoms with van der Waals surface area (Å²) in [6.45, 7) is 4.16. The molecule has 1 amide bonds. The van der Waals surface area contributed by atoms with Crippen LogP contribution in [-0.2, 0) is 9.59 Å².